The third-order valence-corrected chi connectivity index (χ3v) is 5.61. The van der Waals surface area contributed by atoms with Gasteiger partial charge in [0.05, 0.1) is 6.04 Å². The summed E-state index contributed by atoms with van der Waals surface area (Å²) in [5.41, 5.74) is 0. The summed E-state index contributed by atoms with van der Waals surface area (Å²) in [4.78, 5) is 6.23. The number of likely N-dealkylation sites (tertiary alicyclic amines) is 1. The quantitative estimate of drug-likeness (QED) is 0.681. The highest BCUT2D eigenvalue weighted by Gasteiger charge is 2.42. The summed E-state index contributed by atoms with van der Waals surface area (Å²) in [6.45, 7) is 5.24. The molecule has 0 amide bonds. The Morgan fingerprint density at radius 1 is 1.19 bits per heavy atom. The summed E-state index contributed by atoms with van der Waals surface area (Å²) in [6.07, 6.45) is -0.466. The second-order valence-electron chi connectivity index (χ2n) is 8.15. The maximum atomic E-state index is 12.5. The van der Waals surface area contributed by atoms with Crippen LogP contribution in [0.15, 0.2) is 24.3 Å². The molecular formula is C20H23F3N6O2. The second-order valence-corrected chi connectivity index (χ2v) is 8.15. The van der Waals surface area contributed by atoms with E-state index in [9.17, 15) is 18.4 Å². The van der Waals surface area contributed by atoms with Crippen LogP contribution in [0.5, 0.6) is 17.5 Å². The third kappa shape index (κ3) is 4.78. The zero-order chi connectivity index (χ0) is 22.2. The molecule has 11 heteroatoms. The molecule has 0 radical (unpaired) electrons. The van der Waals surface area contributed by atoms with Crippen molar-refractivity contribution in [3.05, 3.63) is 24.3 Å². The molecular weight excluding hydrogens is 413 g/mol. The first-order chi connectivity index (χ1) is 14.7. The third-order valence-electron chi connectivity index (χ3n) is 5.61. The molecule has 1 aromatic carbocycles. The van der Waals surface area contributed by atoms with Crippen LogP contribution in [-0.2, 0) is 0 Å². The minimum Gasteiger partial charge on any atom is -0.424 e. The van der Waals surface area contributed by atoms with Crippen LogP contribution in [0, 0.1) is 23.3 Å². The minimum atomic E-state index is -4.78. The number of anilines is 1. The van der Waals surface area contributed by atoms with Gasteiger partial charge in [0.25, 0.3) is 0 Å². The monoisotopic (exact) mass is 436 g/mol. The van der Waals surface area contributed by atoms with Crippen molar-refractivity contribution in [2.75, 3.05) is 18.4 Å². The number of hydrogen-bond acceptors (Lipinski definition) is 7. The first kappa shape index (κ1) is 21.1. The summed E-state index contributed by atoms with van der Waals surface area (Å²) in [6, 6.07) is 5.54. The van der Waals surface area contributed by atoms with Gasteiger partial charge in [-0.2, -0.15) is 10.2 Å². The Morgan fingerprint density at radius 3 is 2.48 bits per heavy atom. The Kier molecular flexibility index (Phi) is 5.56. The first-order valence-electron chi connectivity index (χ1n) is 10.1. The molecule has 1 N–H and O–H groups in total. The Balaban J connectivity index is 1.51. The van der Waals surface area contributed by atoms with E-state index in [0.717, 1.165) is 18.9 Å². The molecule has 4 rings (SSSR count). The van der Waals surface area contributed by atoms with Gasteiger partial charge in [0.15, 0.2) is 6.19 Å². The molecule has 2 aliphatic rings. The van der Waals surface area contributed by atoms with Crippen molar-refractivity contribution < 1.29 is 22.6 Å². The largest absolute Gasteiger partial charge is 0.573 e. The number of nitrogens with one attached hydrogen (secondary N) is 1. The van der Waals surface area contributed by atoms with Crippen LogP contribution in [0.4, 0.5) is 19.1 Å². The molecule has 2 aromatic rings. The standard InChI is InChI=1S/C20H23F3N6O2/c1-12(2)29-19(30-15-4-3-5-16(8-15)31-20(21,22)23)26-18(27-29)25-17-13-6-7-14(17)10-28(9-13)11-24/h3-5,8,12-14,17H,6-7,9-10H2,1-2H3,(H,25,27)/t13-,14+,17-. The number of benzene rings is 1. The number of halogens is 3. The lowest BCUT2D eigenvalue weighted by Crippen LogP contribution is -2.46. The van der Waals surface area contributed by atoms with E-state index in [4.69, 9.17) is 4.74 Å². The molecule has 0 spiro atoms. The fourth-order valence-corrected chi connectivity index (χ4v) is 4.31. The normalized spacial score (nSPS) is 23.0. The first-order valence-corrected chi connectivity index (χ1v) is 10.1. The van der Waals surface area contributed by atoms with Crippen molar-refractivity contribution in [1.29, 1.82) is 5.26 Å². The Hall–Kier alpha value is -3.16. The molecule has 2 heterocycles. The van der Waals surface area contributed by atoms with Crippen molar-refractivity contribution in [2.24, 2.45) is 11.8 Å². The Morgan fingerprint density at radius 2 is 1.87 bits per heavy atom. The molecule has 1 saturated heterocycles. The van der Waals surface area contributed by atoms with Crippen molar-refractivity contribution >= 4 is 5.95 Å². The Labute approximate surface area is 177 Å². The maximum Gasteiger partial charge on any atom is 0.573 e. The summed E-state index contributed by atoms with van der Waals surface area (Å²) in [5, 5.41) is 17.1. The van der Waals surface area contributed by atoms with Crippen LogP contribution in [0.25, 0.3) is 0 Å². The lowest BCUT2D eigenvalue weighted by molar-refractivity contribution is -0.274. The van der Waals surface area contributed by atoms with Crippen LogP contribution < -0.4 is 14.8 Å². The number of ether oxygens (including phenoxy) is 2. The topological polar surface area (TPSA) is 88.2 Å². The highest BCUT2D eigenvalue weighted by molar-refractivity contribution is 5.36. The summed E-state index contributed by atoms with van der Waals surface area (Å²) < 4.78 is 48.8. The van der Waals surface area contributed by atoms with E-state index in [-0.39, 0.29) is 29.6 Å². The van der Waals surface area contributed by atoms with Gasteiger partial charge in [0.2, 0.25) is 5.95 Å². The van der Waals surface area contributed by atoms with E-state index in [2.05, 4.69) is 26.3 Å². The number of piperidine rings is 1. The van der Waals surface area contributed by atoms with Crippen LogP contribution in [0.3, 0.4) is 0 Å². The molecule has 1 aliphatic carbocycles. The Bertz CT molecular complexity index is 957. The fourth-order valence-electron chi connectivity index (χ4n) is 4.31. The number of hydrogen-bond donors (Lipinski definition) is 1. The van der Waals surface area contributed by atoms with Crippen LogP contribution in [0.2, 0.25) is 0 Å². The van der Waals surface area contributed by atoms with E-state index in [1.54, 1.807) is 9.58 Å². The molecule has 2 fully saturated rings. The molecule has 0 unspecified atom stereocenters. The predicted octanol–water partition coefficient (Wildman–Crippen LogP) is 4.15. The van der Waals surface area contributed by atoms with E-state index in [1.165, 1.54) is 18.2 Å². The smallest absolute Gasteiger partial charge is 0.424 e. The molecule has 166 valence electrons. The van der Waals surface area contributed by atoms with Crippen LogP contribution in [0.1, 0.15) is 32.7 Å². The average Bonchev–Trinajstić information content (AvgIpc) is 3.17. The van der Waals surface area contributed by atoms with Gasteiger partial charge in [-0.3, -0.25) is 0 Å². The number of aromatic nitrogens is 3. The predicted molar refractivity (Wildman–Crippen MR) is 104 cm³/mol. The van der Waals surface area contributed by atoms with Gasteiger partial charge in [-0.15, -0.1) is 18.3 Å². The van der Waals surface area contributed by atoms with Crippen molar-refractivity contribution in [3.8, 4) is 23.7 Å². The van der Waals surface area contributed by atoms with Gasteiger partial charge >= 0.3 is 12.4 Å². The van der Waals surface area contributed by atoms with Gasteiger partial charge in [-0.1, -0.05) is 6.07 Å². The molecule has 1 saturated carbocycles. The van der Waals surface area contributed by atoms with E-state index in [0.29, 0.717) is 30.9 Å². The van der Waals surface area contributed by atoms with Gasteiger partial charge in [0.1, 0.15) is 11.5 Å². The highest BCUT2D eigenvalue weighted by atomic mass is 19.4. The molecule has 8 nitrogen and oxygen atoms in total. The van der Waals surface area contributed by atoms with Gasteiger partial charge < -0.3 is 19.7 Å². The summed E-state index contributed by atoms with van der Waals surface area (Å²) in [7, 11) is 0. The van der Waals surface area contributed by atoms with Crippen molar-refractivity contribution in [2.45, 2.75) is 45.1 Å². The fraction of sp³-hybridized carbons (Fsp3) is 0.550. The molecule has 1 aliphatic heterocycles. The number of nitriles is 1. The number of nitrogens with zero attached hydrogens (tertiary/aromatic N) is 5. The van der Waals surface area contributed by atoms with Gasteiger partial charge in [0, 0.05) is 25.2 Å². The highest BCUT2D eigenvalue weighted by Crippen LogP contribution is 2.38. The van der Waals surface area contributed by atoms with Crippen LogP contribution in [-0.4, -0.2) is 45.2 Å². The van der Waals surface area contributed by atoms with Crippen molar-refractivity contribution in [1.82, 2.24) is 19.7 Å². The molecule has 31 heavy (non-hydrogen) atoms. The maximum absolute atomic E-state index is 12.5. The number of rotatable bonds is 6. The van der Waals surface area contributed by atoms with Gasteiger partial charge in [-0.05, 0) is 50.7 Å². The lowest BCUT2D eigenvalue weighted by atomic mass is 9.92. The van der Waals surface area contributed by atoms with Gasteiger partial charge in [-0.25, -0.2) is 4.68 Å². The number of alkyl halides is 3. The molecule has 2 bridgehead atoms. The molecule has 1 aromatic heterocycles. The van der Waals surface area contributed by atoms with E-state index >= 15 is 0 Å². The zero-order valence-electron chi connectivity index (χ0n) is 17.1. The minimum absolute atomic E-state index is 0.0789. The molecule has 3 atom stereocenters. The van der Waals surface area contributed by atoms with Crippen molar-refractivity contribution in [3.63, 3.8) is 0 Å². The van der Waals surface area contributed by atoms with Crippen LogP contribution >= 0.6 is 0 Å². The summed E-state index contributed by atoms with van der Waals surface area (Å²) >= 11 is 0. The average molecular weight is 436 g/mol. The number of fused-ring (bicyclic) bond motifs is 2. The van der Waals surface area contributed by atoms with E-state index < -0.39 is 6.36 Å². The SMILES string of the molecule is CC(C)n1nc(N[C@@H]2[C@@H]3CC[C@H]2CN(C#N)C3)nc1Oc1cccc(OC(F)(F)F)c1. The van der Waals surface area contributed by atoms with E-state index in [1.807, 2.05) is 13.8 Å². The summed E-state index contributed by atoms with van der Waals surface area (Å²) in [5.74, 6) is 0.860. The zero-order valence-corrected chi connectivity index (χ0v) is 17.1. The second kappa shape index (κ2) is 8.17. The lowest BCUT2D eigenvalue weighted by Gasteiger charge is -2.35.